The number of hydrogen-bond acceptors (Lipinski definition) is 1. The van der Waals surface area contributed by atoms with Gasteiger partial charge in [-0.05, 0) is 93.4 Å². The minimum Gasteiger partial charge on any atom is -0.307 e. The van der Waals surface area contributed by atoms with Gasteiger partial charge in [0.2, 0.25) is 0 Å². The van der Waals surface area contributed by atoms with E-state index >= 15 is 0 Å². The zero-order valence-electron chi connectivity index (χ0n) is 34.1. The van der Waals surface area contributed by atoms with Crippen LogP contribution >= 0.6 is 0 Å². The van der Waals surface area contributed by atoms with Crippen LogP contribution in [0.5, 0.6) is 0 Å². The molecule has 0 fully saturated rings. The van der Waals surface area contributed by atoms with E-state index in [-0.39, 0.29) is 11.0 Å². The van der Waals surface area contributed by atoms with Crippen LogP contribution in [0.4, 0.5) is 0 Å². The molecule has 0 bridgehead atoms. The molecule has 13 aromatic rings. The molecule has 0 N–H and O–H groups in total. The summed E-state index contributed by atoms with van der Waals surface area (Å²) in [5, 5.41) is 10.0. The van der Waals surface area contributed by atoms with Crippen molar-refractivity contribution in [2.45, 2.75) is 19.3 Å². The molecule has 4 heterocycles. The van der Waals surface area contributed by atoms with Crippen molar-refractivity contribution in [3.8, 4) is 33.6 Å². The molecule has 0 saturated heterocycles. The van der Waals surface area contributed by atoms with Gasteiger partial charge in [0, 0.05) is 59.9 Å². The van der Waals surface area contributed by atoms with E-state index in [1.54, 1.807) is 0 Å². The van der Waals surface area contributed by atoms with Gasteiger partial charge >= 0.3 is 0 Å². The Morgan fingerprint density at radius 3 is 1.68 bits per heavy atom. The van der Waals surface area contributed by atoms with Crippen molar-refractivity contribution < 1.29 is 0 Å². The topological polar surface area (TPSA) is 31.3 Å². The summed E-state index contributed by atoms with van der Waals surface area (Å²) in [5.74, 6) is 0. The molecule has 62 heavy (non-hydrogen) atoms. The van der Waals surface area contributed by atoms with Gasteiger partial charge in [-0.25, -0.2) is 0 Å². The van der Waals surface area contributed by atoms with Crippen LogP contribution in [0.25, 0.3) is 115 Å². The zero-order valence-corrected chi connectivity index (χ0v) is 34.1. The summed E-state index contributed by atoms with van der Waals surface area (Å²) in [7, 11) is 0. The van der Waals surface area contributed by atoms with Crippen LogP contribution in [0.15, 0.2) is 193 Å². The highest BCUT2D eigenvalue weighted by molar-refractivity contribution is 6.24. The van der Waals surface area contributed by atoms with Gasteiger partial charge in [0.1, 0.15) is 0 Å². The van der Waals surface area contributed by atoms with E-state index < -0.39 is 0 Å². The lowest BCUT2D eigenvalue weighted by Gasteiger charge is -2.22. The molecule has 0 amide bonds. The monoisotopic (exact) mass is 791 g/mol. The molecule has 0 saturated carbocycles. The number of rotatable bonds is 3. The lowest BCUT2D eigenvalue weighted by molar-refractivity contribution is 0.660. The number of pyridine rings is 1. The lowest BCUT2D eigenvalue weighted by Crippen LogP contribution is -2.15. The Labute approximate surface area is 356 Å². The number of aromatic nitrogens is 3. The molecule has 0 radical (unpaired) electrons. The smallest absolute Gasteiger partial charge is 0.263 e. The molecule has 1 aliphatic rings. The maximum Gasteiger partial charge on any atom is 0.263 e. The van der Waals surface area contributed by atoms with Gasteiger partial charge in [0.15, 0.2) is 0 Å². The minimum atomic E-state index is -0.254. The van der Waals surface area contributed by atoms with Crippen LogP contribution < -0.4 is 5.56 Å². The van der Waals surface area contributed by atoms with E-state index in [9.17, 15) is 4.79 Å². The minimum absolute atomic E-state index is 0.0321. The zero-order chi connectivity index (χ0) is 41.0. The fraction of sp³-hybridized carbons (Fsp3) is 0.0517. The van der Waals surface area contributed by atoms with Crippen molar-refractivity contribution in [1.29, 1.82) is 0 Å². The van der Waals surface area contributed by atoms with Crippen molar-refractivity contribution >= 4 is 81.6 Å². The van der Waals surface area contributed by atoms with Crippen molar-refractivity contribution in [2.75, 3.05) is 0 Å². The predicted octanol–water partition coefficient (Wildman–Crippen LogP) is 14.4. The van der Waals surface area contributed by atoms with Crippen molar-refractivity contribution in [2.24, 2.45) is 0 Å². The molecule has 0 atom stereocenters. The first-order valence-electron chi connectivity index (χ1n) is 21.5. The quantitative estimate of drug-likeness (QED) is 0.164. The molecule has 1 aliphatic carbocycles. The normalized spacial score (nSPS) is 13.5. The van der Waals surface area contributed by atoms with Gasteiger partial charge in [-0.15, -0.1) is 0 Å². The second-order valence-electron chi connectivity index (χ2n) is 17.6. The molecule has 290 valence electrons. The first-order chi connectivity index (χ1) is 30.5. The van der Waals surface area contributed by atoms with Crippen LogP contribution in [-0.4, -0.2) is 13.5 Å². The van der Waals surface area contributed by atoms with Crippen LogP contribution in [0, 0.1) is 0 Å². The molecular weight excluding hydrogens is 755 g/mol. The molecule has 4 nitrogen and oxygen atoms in total. The van der Waals surface area contributed by atoms with Gasteiger partial charge in [0.05, 0.1) is 33.1 Å². The highest BCUT2D eigenvalue weighted by Crippen LogP contribution is 2.53. The second-order valence-corrected chi connectivity index (χ2v) is 17.6. The Bertz CT molecular complexity index is 4140. The largest absolute Gasteiger partial charge is 0.307 e. The summed E-state index contributed by atoms with van der Waals surface area (Å²) in [5.41, 5.74) is 16.4. The van der Waals surface area contributed by atoms with Crippen molar-refractivity contribution in [3.05, 3.63) is 210 Å². The number of hydrogen-bond donors (Lipinski definition) is 0. The van der Waals surface area contributed by atoms with Gasteiger partial charge in [0.25, 0.3) is 5.56 Å². The van der Waals surface area contributed by atoms with Crippen LogP contribution in [-0.2, 0) is 5.41 Å². The summed E-state index contributed by atoms with van der Waals surface area (Å²) >= 11 is 0. The summed E-state index contributed by atoms with van der Waals surface area (Å²) in [6.07, 6.45) is 0. The summed E-state index contributed by atoms with van der Waals surface area (Å²) in [4.78, 5) is 14.1. The molecule has 9 aromatic carbocycles. The number of nitrogens with zero attached hydrogens (tertiary/aromatic N) is 3. The van der Waals surface area contributed by atoms with Gasteiger partial charge in [-0.3, -0.25) is 9.20 Å². The molecule has 0 unspecified atom stereocenters. The maximum atomic E-state index is 14.1. The summed E-state index contributed by atoms with van der Waals surface area (Å²) in [6, 6.07) is 68.1. The first-order valence-corrected chi connectivity index (χ1v) is 21.5. The van der Waals surface area contributed by atoms with E-state index in [4.69, 9.17) is 0 Å². The van der Waals surface area contributed by atoms with E-state index in [2.05, 4.69) is 193 Å². The molecule has 4 heteroatoms. The number of benzene rings is 9. The standard InChI is InChI=1S/C58H37N3O/c1-58(2)48-23-13-20-37(34-26-31-52-47(32-34)42-22-12-21-41-38-16-6-7-19-45(38)57(62)61(52)54(41)42)53(48)46-28-27-36(33-49(46)58)60-51-25-11-9-18-40(51)44-30-29-43-39-17-8-10-24-50(39)59(55(43)56(44)60)35-14-4-3-5-15-35/h3-33H,1-2H3. The number of para-hydroxylation sites is 4. The average molecular weight is 792 g/mol. The highest BCUT2D eigenvalue weighted by Gasteiger charge is 2.37. The Morgan fingerprint density at radius 2 is 0.952 bits per heavy atom. The van der Waals surface area contributed by atoms with E-state index in [1.807, 2.05) is 22.6 Å². The molecule has 4 aromatic heterocycles. The van der Waals surface area contributed by atoms with Crippen LogP contribution in [0.2, 0.25) is 0 Å². The van der Waals surface area contributed by atoms with Gasteiger partial charge < -0.3 is 9.13 Å². The lowest BCUT2D eigenvalue weighted by atomic mass is 9.82. The SMILES string of the molecule is CC1(C)c2cc(-n3c4ccccc4c4ccc5c6ccccc6n(-c6ccccc6)c5c43)ccc2-c2c(-c3ccc4c(c3)c3cccc5c6ccccc6c(=O)n4c53)cccc21. The van der Waals surface area contributed by atoms with Crippen LogP contribution in [0.1, 0.15) is 25.0 Å². The predicted molar refractivity (Wildman–Crippen MR) is 259 cm³/mol. The molecule has 0 spiro atoms. The van der Waals surface area contributed by atoms with E-state index in [1.165, 1.54) is 71.4 Å². The third-order valence-corrected chi connectivity index (χ3v) is 14.2. The van der Waals surface area contributed by atoms with Crippen molar-refractivity contribution in [3.63, 3.8) is 0 Å². The third-order valence-electron chi connectivity index (χ3n) is 14.2. The van der Waals surface area contributed by atoms with E-state index in [0.29, 0.717) is 0 Å². The van der Waals surface area contributed by atoms with Gasteiger partial charge in [-0.2, -0.15) is 0 Å². The Hall–Kier alpha value is -7.95. The fourth-order valence-electron chi connectivity index (χ4n) is 11.5. The Balaban J connectivity index is 1.01. The molecule has 0 aliphatic heterocycles. The third kappa shape index (κ3) is 4.18. The molecule has 14 rings (SSSR count). The summed E-state index contributed by atoms with van der Waals surface area (Å²) < 4.78 is 6.90. The van der Waals surface area contributed by atoms with E-state index in [0.717, 1.165) is 54.9 Å². The van der Waals surface area contributed by atoms with Crippen LogP contribution in [0.3, 0.4) is 0 Å². The maximum absolute atomic E-state index is 14.1. The first kappa shape index (κ1) is 33.8. The summed E-state index contributed by atoms with van der Waals surface area (Å²) in [6.45, 7) is 4.75. The Morgan fingerprint density at radius 1 is 0.371 bits per heavy atom. The van der Waals surface area contributed by atoms with Crippen molar-refractivity contribution in [1.82, 2.24) is 13.5 Å². The van der Waals surface area contributed by atoms with Gasteiger partial charge in [-0.1, -0.05) is 147 Å². The molecular formula is C58H37N3O. The second kappa shape index (κ2) is 11.9. The highest BCUT2D eigenvalue weighted by atomic mass is 16.1. The fourth-order valence-corrected chi connectivity index (χ4v) is 11.5. The number of fused-ring (bicyclic) bond motifs is 15. The Kier molecular flexibility index (Phi) is 6.48. The average Bonchev–Trinajstić information content (AvgIpc) is 4.02.